The highest BCUT2D eigenvalue weighted by atomic mass is 35.5. The first-order valence-electron chi connectivity index (χ1n) is 7.91. The minimum atomic E-state index is -4.66. The lowest BCUT2D eigenvalue weighted by molar-refractivity contribution is -0.137. The number of hydrogen-bond acceptors (Lipinski definition) is 2. The van der Waals surface area contributed by atoms with Gasteiger partial charge in [0.25, 0.3) is 0 Å². The molecule has 0 atom stereocenters. The van der Waals surface area contributed by atoms with E-state index in [-0.39, 0.29) is 5.69 Å². The van der Waals surface area contributed by atoms with E-state index in [4.69, 9.17) is 11.6 Å². The fourth-order valence-corrected chi connectivity index (χ4v) is 2.44. The van der Waals surface area contributed by atoms with E-state index in [0.717, 1.165) is 17.0 Å². The second kappa shape index (κ2) is 8.88. The first kappa shape index (κ1) is 21.4. The molecule has 148 valence electrons. The number of rotatable bonds is 5. The summed E-state index contributed by atoms with van der Waals surface area (Å²) in [5.74, 6) is -1.68. The van der Waals surface area contributed by atoms with E-state index in [1.165, 1.54) is 37.4 Å². The van der Waals surface area contributed by atoms with Crippen molar-refractivity contribution in [3.8, 4) is 0 Å². The van der Waals surface area contributed by atoms with Crippen LogP contribution in [-0.4, -0.2) is 30.3 Å². The van der Waals surface area contributed by atoms with Crippen molar-refractivity contribution in [2.45, 2.75) is 6.18 Å². The predicted octanol–water partition coefficient (Wildman–Crippen LogP) is 4.61. The molecule has 0 aliphatic carbocycles. The third-order valence-electron chi connectivity index (χ3n) is 3.58. The Morgan fingerprint density at radius 3 is 2.54 bits per heavy atom. The van der Waals surface area contributed by atoms with E-state index in [0.29, 0.717) is 11.6 Å². The first-order chi connectivity index (χ1) is 13.1. The zero-order valence-corrected chi connectivity index (χ0v) is 15.3. The molecule has 2 aromatic rings. The summed E-state index contributed by atoms with van der Waals surface area (Å²) in [7, 11) is 1.35. The number of carbonyl (C=O) groups is 2. The Morgan fingerprint density at radius 1 is 1.18 bits per heavy atom. The molecule has 28 heavy (non-hydrogen) atoms. The van der Waals surface area contributed by atoms with Crippen LogP contribution in [0, 0.1) is 5.82 Å². The van der Waals surface area contributed by atoms with Gasteiger partial charge in [0.2, 0.25) is 11.8 Å². The fraction of sp³-hybridized carbons (Fsp3) is 0.158. The van der Waals surface area contributed by atoms with Crippen LogP contribution >= 0.6 is 11.6 Å². The highest BCUT2D eigenvalue weighted by Gasteiger charge is 2.33. The Bertz CT molecular complexity index is 913. The first-order valence-corrected chi connectivity index (χ1v) is 8.29. The molecule has 0 fully saturated rings. The molecule has 0 aliphatic rings. The van der Waals surface area contributed by atoms with Gasteiger partial charge in [-0.1, -0.05) is 23.7 Å². The van der Waals surface area contributed by atoms with Gasteiger partial charge in [-0.2, -0.15) is 13.2 Å². The van der Waals surface area contributed by atoms with E-state index in [1.54, 1.807) is 6.07 Å². The molecular formula is C19H15ClF4N2O2. The van der Waals surface area contributed by atoms with E-state index in [2.05, 4.69) is 5.32 Å². The molecule has 2 amide bonds. The molecule has 0 spiro atoms. The van der Waals surface area contributed by atoms with Gasteiger partial charge in [-0.25, -0.2) is 4.39 Å². The maximum Gasteiger partial charge on any atom is 0.417 e. The van der Waals surface area contributed by atoms with E-state index >= 15 is 0 Å². The van der Waals surface area contributed by atoms with Crippen LogP contribution in [0.3, 0.4) is 0 Å². The summed E-state index contributed by atoms with van der Waals surface area (Å²) in [4.78, 5) is 25.1. The molecule has 2 aromatic carbocycles. The van der Waals surface area contributed by atoms with Gasteiger partial charge in [-0.3, -0.25) is 9.59 Å². The zero-order chi connectivity index (χ0) is 20.9. The minimum absolute atomic E-state index is 0.0992. The summed E-state index contributed by atoms with van der Waals surface area (Å²) in [6, 6.07) is 8.53. The Balaban J connectivity index is 1.98. The third-order valence-corrected chi connectivity index (χ3v) is 3.91. The lowest BCUT2D eigenvalue weighted by Crippen LogP contribution is -2.33. The molecule has 0 saturated carbocycles. The topological polar surface area (TPSA) is 49.4 Å². The van der Waals surface area contributed by atoms with Gasteiger partial charge in [0.1, 0.15) is 5.82 Å². The SMILES string of the molecule is CN(CC(=O)Nc1ccc(Cl)c(C(F)(F)F)c1)C(=O)/C=C/c1cccc(F)c1. The molecule has 9 heteroatoms. The van der Waals surface area contributed by atoms with Gasteiger partial charge < -0.3 is 10.2 Å². The quantitative estimate of drug-likeness (QED) is 0.574. The normalized spacial score (nSPS) is 11.5. The molecule has 4 nitrogen and oxygen atoms in total. The monoisotopic (exact) mass is 414 g/mol. The fourth-order valence-electron chi connectivity index (χ4n) is 2.22. The summed E-state index contributed by atoms with van der Waals surface area (Å²) in [5, 5.41) is 1.80. The molecular weight excluding hydrogens is 400 g/mol. The summed E-state index contributed by atoms with van der Waals surface area (Å²) in [5.41, 5.74) is -0.709. The van der Waals surface area contributed by atoms with Gasteiger partial charge in [0.05, 0.1) is 17.1 Å². The molecule has 0 radical (unpaired) electrons. The van der Waals surface area contributed by atoms with Crippen molar-refractivity contribution < 1.29 is 27.2 Å². The molecule has 0 unspecified atom stereocenters. The predicted molar refractivity (Wildman–Crippen MR) is 98.2 cm³/mol. The highest BCUT2D eigenvalue weighted by molar-refractivity contribution is 6.31. The summed E-state index contributed by atoms with van der Waals surface area (Å²) >= 11 is 5.52. The van der Waals surface area contributed by atoms with Crippen LogP contribution < -0.4 is 5.32 Å². The number of hydrogen-bond donors (Lipinski definition) is 1. The van der Waals surface area contributed by atoms with Crippen molar-refractivity contribution in [3.05, 3.63) is 70.5 Å². The van der Waals surface area contributed by atoms with Crippen molar-refractivity contribution in [2.75, 3.05) is 18.9 Å². The molecule has 0 saturated heterocycles. The van der Waals surface area contributed by atoms with Crippen molar-refractivity contribution in [3.63, 3.8) is 0 Å². The van der Waals surface area contributed by atoms with Crippen molar-refractivity contribution in [1.29, 1.82) is 0 Å². The van der Waals surface area contributed by atoms with Crippen LogP contribution in [0.4, 0.5) is 23.2 Å². The standard InChI is InChI=1S/C19H15ClF4N2O2/c1-26(18(28)8-5-12-3-2-4-13(21)9-12)11-17(27)25-14-6-7-16(20)15(10-14)19(22,23)24/h2-10H,11H2,1H3,(H,25,27)/b8-5+. The smallest absolute Gasteiger partial charge is 0.333 e. The zero-order valence-electron chi connectivity index (χ0n) is 14.6. The van der Waals surface area contributed by atoms with Gasteiger partial charge in [-0.15, -0.1) is 0 Å². The number of carbonyl (C=O) groups excluding carboxylic acids is 2. The van der Waals surface area contributed by atoms with Crippen LogP contribution in [0.5, 0.6) is 0 Å². The molecule has 0 bridgehead atoms. The number of nitrogens with zero attached hydrogens (tertiary/aromatic N) is 1. The van der Waals surface area contributed by atoms with Gasteiger partial charge in [-0.05, 0) is 42.0 Å². The minimum Gasteiger partial charge on any atom is -0.333 e. The third kappa shape index (κ3) is 6.09. The second-order valence-electron chi connectivity index (χ2n) is 5.82. The molecule has 2 rings (SSSR count). The van der Waals surface area contributed by atoms with Gasteiger partial charge in [0.15, 0.2) is 0 Å². The number of alkyl halides is 3. The van der Waals surface area contributed by atoms with Crippen LogP contribution in [0.2, 0.25) is 5.02 Å². The summed E-state index contributed by atoms with van der Waals surface area (Å²) in [6.07, 6.45) is -2.12. The van der Waals surface area contributed by atoms with Crippen LogP contribution in [0.25, 0.3) is 6.08 Å². The number of nitrogens with one attached hydrogen (secondary N) is 1. The number of likely N-dealkylation sites (N-methyl/N-ethyl adjacent to an activating group) is 1. The average Bonchev–Trinajstić information content (AvgIpc) is 2.60. The summed E-state index contributed by atoms with van der Waals surface area (Å²) < 4.78 is 51.6. The number of halogens is 5. The molecule has 0 heterocycles. The molecule has 0 aliphatic heterocycles. The van der Waals surface area contributed by atoms with Crippen LogP contribution in [-0.2, 0) is 15.8 Å². The lowest BCUT2D eigenvalue weighted by Gasteiger charge is -2.16. The maximum absolute atomic E-state index is 13.1. The van der Waals surface area contributed by atoms with Crippen molar-refractivity contribution in [1.82, 2.24) is 4.90 Å². The number of anilines is 1. The molecule has 0 aromatic heterocycles. The van der Waals surface area contributed by atoms with Crippen LogP contribution in [0.1, 0.15) is 11.1 Å². The van der Waals surface area contributed by atoms with Crippen LogP contribution in [0.15, 0.2) is 48.5 Å². The van der Waals surface area contributed by atoms with Gasteiger partial charge in [0, 0.05) is 18.8 Å². The second-order valence-corrected chi connectivity index (χ2v) is 6.23. The lowest BCUT2D eigenvalue weighted by atomic mass is 10.2. The van der Waals surface area contributed by atoms with Gasteiger partial charge >= 0.3 is 6.18 Å². The highest BCUT2D eigenvalue weighted by Crippen LogP contribution is 2.36. The van der Waals surface area contributed by atoms with Crippen molar-refractivity contribution >= 4 is 35.2 Å². The number of benzene rings is 2. The Morgan fingerprint density at radius 2 is 1.89 bits per heavy atom. The number of amides is 2. The largest absolute Gasteiger partial charge is 0.417 e. The van der Waals surface area contributed by atoms with E-state index < -0.39 is 40.9 Å². The molecule has 1 N–H and O–H groups in total. The average molecular weight is 415 g/mol. The van der Waals surface area contributed by atoms with E-state index in [9.17, 15) is 27.2 Å². The Hall–Kier alpha value is -2.87. The maximum atomic E-state index is 13.1. The van der Waals surface area contributed by atoms with E-state index in [1.807, 2.05) is 0 Å². The van der Waals surface area contributed by atoms with Crippen molar-refractivity contribution in [2.24, 2.45) is 0 Å². The summed E-state index contributed by atoms with van der Waals surface area (Å²) in [6.45, 7) is -0.393. The Labute approximate surface area is 163 Å². The Kier molecular flexibility index (Phi) is 6.80.